The number of carbonyl (C=O) groups is 1. The molecular formula is C15H20N2OS2. The van der Waals surface area contributed by atoms with Crippen molar-refractivity contribution in [2.75, 3.05) is 0 Å². The third-order valence-corrected chi connectivity index (χ3v) is 5.58. The minimum atomic E-state index is -0.562. The molecule has 2 saturated carbocycles. The van der Waals surface area contributed by atoms with Gasteiger partial charge in [-0.1, -0.05) is 19.1 Å². The SMILES string of the molecule is CC1CC(C(=O)N(Cc2ccsc2)C2CC2)(C(N)=S)C1. The average molecular weight is 308 g/mol. The Morgan fingerprint density at radius 2 is 2.25 bits per heavy atom. The zero-order valence-electron chi connectivity index (χ0n) is 11.7. The van der Waals surface area contributed by atoms with Crippen LogP contribution in [0.1, 0.15) is 38.2 Å². The van der Waals surface area contributed by atoms with E-state index in [1.807, 2.05) is 4.90 Å². The van der Waals surface area contributed by atoms with Crippen molar-refractivity contribution in [2.24, 2.45) is 17.1 Å². The summed E-state index contributed by atoms with van der Waals surface area (Å²) in [6.07, 6.45) is 3.85. The lowest BCUT2D eigenvalue weighted by Gasteiger charge is -2.46. The highest BCUT2D eigenvalue weighted by atomic mass is 32.1. The van der Waals surface area contributed by atoms with Crippen molar-refractivity contribution in [3.63, 3.8) is 0 Å². The molecule has 1 aromatic heterocycles. The Hall–Kier alpha value is -0.940. The molecule has 0 bridgehead atoms. The van der Waals surface area contributed by atoms with Gasteiger partial charge in [-0.2, -0.15) is 11.3 Å². The summed E-state index contributed by atoms with van der Waals surface area (Å²) >= 11 is 6.89. The van der Waals surface area contributed by atoms with Crippen molar-refractivity contribution in [2.45, 2.75) is 45.2 Å². The molecule has 3 rings (SSSR count). The second-order valence-corrected chi connectivity index (χ2v) is 7.48. The molecule has 3 nitrogen and oxygen atoms in total. The van der Waals surface area contributed by atoms with Crippen molar-refractivity contribution < 1.29 is 4.79 Å². The van der Waals surface area contributed by atoms with Gasteiger partial charge in [-0.15, -0.1) is 0 Å². The maximum atomic E-state index is 13.0. The molecule has 108 valence electrons. The van der Waals surface area contributed by atoms with Crippen molar-refractivity contribution >= 4 is 34.5 Å². The summed E-state index contributed by atoms with van der Waals surface area (Å²) in [5.74, 6) is 0.708. The first-order chi connectivity index (χ1) is 9.53. The van der Waals surface area contributed by atoms with Crippen LogP contribution in [0.4, 0.5) is 0 Å². The molecule has 2 aliphatic rings. The van der Waals surface area contributed by atoms with Gasteiger partial charge in [-0.3, -0.25) is 4.79 Å². The molecule has 0 spiro atoms. The minimum absolute atomic E-state index is 0.164. The summed E-state index contributed by atoms with van der Waals surface area (Å²) in [5.41, 5.74) is 6.56. The van der Waals surface area contributed by atoms with Gasteiger partial charge in [0.25, 0.3) is 0 Å². The number of hydrogen-bond donors (Lipinski definition) is 1. The highest BCUT2D eigenvalue weighted by molar-refractivity contribution is 7.80. The van der Waals surface area contributed by atoms with E-state index in [9.17, 15) is 4.79 Å². The molecule has 1 heterocycles. The van der Waals surface area contributed by atoms with E-state index in [1.165, 1.54) is 5.56 Å². The standard InChI is InChI=1S/C15H20N2OS2/c1-10-6-15(7-10,13(16)19)14(18)17(12-2-3-12)8-11-4-5-20-9-11/h4-5,9-10,12H,2-3,6-8H2,1H3,(H2,16,19). The predicted octanol–water partition coefficient (Wildman–Crippen LogP) is 2.94. The zero-order valence-corrected chi connectivity index (χ0v) is 13.3. The molecule has 0 radical (unpaired) electrons. The summed E-state index contributed by atoms with van der Waals surface area (Å²) < 4.78 is 0. The van der Waals surface area contributed by atoms with E-state index in [0.717, 1.165) is 25.7 Å². The number of nitrogens with zero attached hydrogens (tertiary/aromatic N) is 1. The fourth-order valence-corrected chi connectivity index (χ4v) is 4.13. The van der Waals surface area contributed by atoms with Crippen LogP contribution < -0.4 is 5.73 Å². The Balaban J connectivity index is 1.80. The number of rotatable bonds is 5. The average Bonchev–Trinajstić information content (AvgIpc) is 3.08. The number of amides is 1. The Morgan fingerprint density at radius 3 is 2.70 bits per heavy atom. The second kappa shape index (κ2) is 5.11. The fraction of sp³-hybridized carbons (Fsp3) is 0.600. The summed E-state index contributed by atoms with van der Waals surface area (Å²) in [5, 5.41) is 4.17. The third-order valence-electron chi connectivity index (χ3n) is 4.46. The Kier molecular flexibility index (Phi) is 3.58. The summed E-state index contributed by atoms with van der Waals surface area (Å²) in [4.78, 5) is 15.4. The van der Waals surface area contributed by atoms with Gasteiger partial charge >= 0.3 is 0 Å². The molecule has 2 N–H and O–H groups in total. The van der Waals surface area contributed by atoms with E-state index >= 15 is 0 Å². The summed E-state index contributed by atoms with van der Waals surface area (Å²) in [7, 11) is 0. The molecule has 2 aliphatic carbocycles. The number of thiocarbonyl (C=S) groups is 1. The Bertz CT molecular complexity index is 516. The lowest BCUT2D eigenvalue weighted by Crippen LogP contribution is -2.57. The maximum absolute atomic E-state index is 13.0. The predicted molar refractivity (Wildman–Crippen MR) is 85.5 cm³/mol. The van der Waals surface area contributed by atoms with Crippen LogP contribution in [0.2, 0.25) is 0 Å². The van der Waals surface area contributed by atoms with Crippen molar-refractivity contribution in [3.8, 4) is 0 Å². The van der Waals surface area contributed by atoms with Crippen LogP contribution >= 0.6 is 23.6 Å². The highest BCUT2D eigenvalue weighted by Gasteiger charge is 2.54. The molecule has 1 aromatic rings. The van der Waals surface area contributed by atoms with E-state index in [2.05, 4.69) is 23.8 Å². The Labute approximate surface area is 129 Å². The van der Waals surface area contributed by atoms with Crippen LogP contribution in [-0.4, -0.2) is 21.8 Å². The molecule has 20 heavy (non-hydrogen) atoms. The maximum Gasteiger partial charge on any atom is 0.236 e. The first-order valence-electron chi connectivity index (χ1n) is 7.15. The monoisotopic (exact) mass is 308 g/mol. The van der Waals surface area contributed by atoms with Crippen molar-refractivity contribution in [1.82, 2.24) is 4.90 Å². The molecular weight excluding hydrogens is 288 g/mol. The summed E-state index contributed by atoms with van der Waals surface area (Å²) in [6, 6.07) is 2.48. The normalized spacial score (nSPS) is 28.8. The van der Waals surface area contributed by atoms with Crippen LogP contribution in [0.3, 0.4) is 0 Å². The van der Waals surface area contributed by atoms with Crippen LogP contribution in [0.15, 0.2) is 16.8 Å². The fourth-order valence-electron chi connectivity index (χ4n) is 3.22. The van der Waals surface area contributed by atoms with E-state index in [0.29, 0.717) is 23.5 Å². The Morgan fingerprint density at radius 1 is 1.55 bits per heavy atom. The van der Waals surface area contributed by atoms with Crippen LogP contribution in [-0.2, 0) is 11.3 Å². The molecule has 0 unspecified atom stereocenters. The zero-order chi connectivity index (χ0) is 14.3. The molecule has 1 amide bonds. The van der Waals surface area contributed by atoms with Gasteiger partial charge in [0.2, 0.25) is 5.91 Å². The number of carbonyl (C=O) groups excluding carboxylic acids is 1. The van der Waals surface area contributed by atoms with E-state index < -0.39 is 5.41 Å². The first kappa shape index (κ1) is 14.0. The molecule has 0 aromatic carbocycles. The second-order valence-electron chi connectivity index (χ2n) is 6.26. The number of hydrogen-bond acceptors (Lipinski definition) is 3. The largest absolute Gasteiger partial charge is 0.392 e. The smallest absolute Gasteiger partial charge is 0.236 e. The molecule has 5 heteroatoms. The number of nitrogens with two attached hydrogens (primary N) is 1. The van der Waals surface area contributed by atoms with Gasteiger partial charge in [0.1, 0.15) is 0 Å². The number of thiophene rings is 1. The van der Waals surface area contributed by atoms with Gasteiger partial charge in [0.05, 0.1) is 10.4 Å². The van der Waals surface area contributed by atoms with Gasteiger partial charge < -0.3 is 10.6 Å². The van der Waals surface area contributed by atoms with E-state index in [-0.39, 0.29) is 5.91 Å². The molecule has 0 saturated heterocycles. The minimum Gasteiger partial charge on any atom is -0.392 e. The van der Waals surface area contributed by atoms with Gasteiger partial charge in [-0.05, 0) is 54.0 Å². The van der Waals surface area contributed by atoms with Gasteiger partial charge in [0, 0.05) is 12.6 Å². The highest BCUT2D eigenvalue weighted by Crippen LogP contribution is 2.48. The molecule has 2 fully saturated rings. The van der Waals surface area contributed by atoms with E-state index in [4.69, 9.17) is 18.0 Å². The van der Waals surface area contributed by atoms with Crippen LogP contribution in [0.25, 0.3) is 0 Å². The topological polar surface area (TPSA) is 46.3 Å². The summed E-state index contributed by atoms with van der Waals surface area (Å²) in [6.45, 7) is 2.86. The van der Waals surface area contributed by atoms with Crippen molar-refractivity contribution in [3.05, 3.63) is 22.4 Å². The molecule has 0 atom stereocenters. The quantitative estimate of drug-likeness (QED) is 0.851. The van der Waals surface area contributed by atoms with Crippen LogP contribution in [0, 0.1) is 11.3 Å². The van der Waals surface area contributed by atoms with E-state index in [1.54, 1.807) is 11.3 Å². The first-order valence-corrected chi connectivity index (χ1v) is 8.50. The lowest BCUT2D eigenvalue weighted by molar-refractivity contribution is -0.145. The van der Waals surface area contributed by atoms with Crippen molar-refractivity contribution in [1.29, 1.82) is 0 Å². The lowest BCUT2D eigenvalue weighted by atomic mass is 9.61. The van der Waals surface area contributed by atoms with Gasteiger partial charge in [0.15, 0.2) is 0 Å². The third kappa shape index (κ3) is 2.37. The van der Waals surface area contributed by atoms with Gasteiger partial charge in [-0.25, -0.2) is 0 Å². The molecule has 0 aliphatic heterocycles. The van der Waals surface area contributed by atoms with Crippen LogP contribution in [0.5, 0.6) is 0 Å².